The highest BCUT2D eigenvalue weighted by Gasteiger charge is 2.10. The normalized spacial score (nSPS) is 10.3. The van der Waals surface area contributed by atoms with Crippen molar-refractivity contribution in [2.24, 2.45) is 0 Å². The molecule has 18 heavy (non-hydrogen) atoms. The van der Waals surface area contributed by atoms with E-state index in [1.807, 2.05) is 0 Å². The van der Waals surface area contributed by atoms with Gasteiger partial charge in [0, 0.05) is 18.7 Å². The maximum Gasteiger partial charge on any atom is 0.274 e. The minimum absolute atomic E-state index is 0.192. The number of nitro groups is 1. The van der Waals surface area contributed by atoms with Gasteiger partial charge in [0.25, 0.3) is 5.69 Å². The summed E-state index contributed by atoms with van der Waals surface area (Å²) in [4.78, 5) is 13.8. The first-order valence-corrected chi connectivity index (χ1v) is 5.02. The van der Waals surface area contributed by atoms with Crippen molar-refractivity contribution < 1.29 is 13.8 Å². The first kappa shape index (κ1) is 12.0. The average Bonchev–Trinajstić information content (AvgIpc) is 2.72. The minimum Gasteiger partial charge on any atom is -0.377 e. The topological polar surface area (TPSA) is 94.1 Å². The monoisotopic (exact) mass is 252 g/mol. The van der Waals surface area contributed by atoms with Gasteiger partial charge in [-0.05, 0) is 6.07 Å². The maximum absolute atomic E-state index is 13.1. The Balaban J connectivity index is 2.11. The van der Waals surface area contributed by atoms with Crippen LogP contribution in [0, 0.1) is 22.9 Å². The maximum atomic E-state index is 13.1. The lowest BCUT2D eigenvalue weighted by atomic mass is 10.2. The fourth-order valence-corrected chi connectivity index (χ4v) is 1.38. The van der Waals surface area contributed by atoms with Crippen LogP contribution in [0.4, 0.5) is 15.8 Å². The molecule has 0 aliphatic rings. The summed E-state index contributed by atoms with van der Waals surface area (Å²) in [6.45, 7) is 1.83. The van der Waals surface area contributed by atoms with Crippen LogP contribution in [0.5, 0.6) is 0 Å². The molecule has 0 spiro atoms. The fraction of sp³-hybridized carbons (Fsp3) is 0.200. The molecular weight excluding hydrogens is 243 g/mol. The number of nitrogens with zero attached hydrogens (tertiary/aromatic N) is 3. The first-order chi connectivity index (χ1) is 8.54. The van der Waals surface area contributed by atoms with Gasteiger partial charge in [0.15, 0.2) is 5.82 Å². The fourth-order valence-electron chi connectivity index (χ4n) is 1.38. The molecule has 1 aromatic heterocycles. The van der Waals surface area contributed by atoms with Crippen molar-refractivity contribution in [3.05, 3.63) is 45.8 Å². The summed E-state index contributed by atoms with van der Waals surface area (Å²) < 4.78 is 17.9. The molecule has 8 heteroatoms. The largest absolute Gasteiger partial charge is 0.377 e. The Bertz CT molecular complexity index is 584. The molecule has 94 valence electrons. The van der Waals surface area contributed by atoms with Gasteiger partial charge in [0.2, 0.25) is 5.89 Å². The van der Waals surface area contributed by atoms with E-state index in [0.29, 0.717) is 11.7 Å². The predicted molar refractivity (Wildman–Crippen MR) is 59.4 cm³/mol. The molecule has 7 nitrogen and oxygen atoms in total. The summed E-state index contributed by atoms with van der Waals surface area (Å²) in [5, 5.41) is 17.0. The summed E-state index contributed by atoms with van der Waals surface area (Å²) >= 11 is 0. The highest BCUT2D eigenvalue weighted by Crippen LogP contribution is 2.20. The van der Waals surface area contributed by atoms with Crippen molar-refractivity contribution in [2.45, 2.75) is 13.5 Å². The minimum atomic E-state index is -0.684. The molecule has 0 unspecified atom stereocenters. The third-order valence-electron chi connectivity index (χ3n) is 2.11. The van der Waals surface area contributed by atoms with Gasteiger partial charge in [-0.1, -0.05) is 5.16 Å². The second kappa shape index (κ2) is 4.78. The number of non-ortho nitro benzene ring substituents is 1. The van der Waals surface area contributed by atoms with Crippen molar-refractivity contribution in [1.29, 1.82) is 0 Å². The molecular formula is C10H9FN4O3. The van der Waals surface area contributed by atoms with Crippen LogP contribution in [0.2, 0.25) is 0 Å². The number of rotatable bonds is 4. The van der Waals surface area contributed by atoms with Gasteiger partial charge in [-0.3, -0.25) is 10.1 Å². The lowest BCUT2D eigenvalue weighted by Crippen LogP contribution is -2.02. The molecule has 0 fully saturated rings. The number of hydrogen-bond donors (Lipinski definition) is 1. The van der Waals surface area contributed by atoms with E-state index < -0.39 is 10.7 Å². The van der Waals surface area contributed by atoms with Crippen LogP contribution in [0.25, 0.3) is 0 Å². The first-order valence-electron chi connectivity index (χ1n) is 5.02. The van der Waals surface area contributed by atoms with E-state index in [-0.39, 0.29) is 17.9 Å². The van der Waals surface area contributed by atoms with Gasteiger partial charge < -0.3 is 9.84 Å². The summed E-state index contributed by atoms with van der Waals surface area (Å²) in [7, 11) is 0. The Morgan fingerprint density at radius 1 is 1.50 bits per heavy atom. The molecule has 1 N–H and O–H groups in total. The van der Waals surface area contributed by atoms with Gasteiger partial charge in [-0.2, -0.15) is 4.98 Å². The zero-order valence-corrected chi connectivity index (χ0v) is 9.38. The third-order valence-corrected chi connectivity index (χ3v) is 2.11. The molecule has 0 saturated heterocycles. The van der Waals surface area contributed by atoms with Gasteiger partial charge in [0.1, 0.15) is 5.82 Å². The van der Waals surface area contributed by atoms with Crippen LogP contribution < -0.4 is 5.32 Å². The highest BCUT2D eigenvalue weighted by molar-refractivity contribution is 5.51. The number of hydrogen-bond acceptors (Lipinski definition) is 6. The lowest BCUT2D eigenvalue weighted by Gasteiger charge is -2.03. The van der Waals surface area contributed by atoms with E-state index in [1.54, 1.807) is 6.92 Å². The number of nitrogens with one attached hydrogen (secondary N) is 1. The average molecular weight is 252 g/mol. The second-order valence-electron chi connectivity index (χ2n) is 3.54. The number of nitro benzene ring substituents is 1. The predicted octanol–water partition coefficient (Wildman–Crippen LogP) is 2.04. The number of halogens is 1. The molecule has 0 aliphatic carbocycles. The molecule has 0 amide bonds. The highest BCUT2D eigenvalue weighted by atomic mass is 19.1. The van der Waals surface area contributed by atoms with Gasteiger partial charge >= 0.3 is 0 Å². The zero-order valence-electron chi connectivity index (χ0n) is 9.38. The van der Waals surface area contributed by atoms with E-state index in [9.17, 15) is 14.5 Å². The summed E-state index contributed by atoms with van der Waals surface area (Å²) in [5.41, 5.74) is -0.0362. The number of aromatic nitrogens is 2. The van der Waals surface area contributed by atoms with Crippen molar-refractivity contribution >= 4 is 11.4 Å². The Hall–Kier alpha value is -2.51. The van der Waals surface area contributed by atoms with Crippen molar-refractivity contribution in [1.82, 2.24) is 10.1 Å². The van der Waals surface area contributed by atoms with E-state index in [2.05, 4.69) is 15.5 Å². The Morgan fingerprint density at radius 3 is 2.89 bits per heavy atom. The number of benzene rings is 1. The standard InChI is InChI=1S/C10H9FN4O3/c1-6-13-10(14-18-6)5-12-8-2-7(11)3-9(4-8)15(16)17/h2-4,12H,5H2,1H3. The Labute approximate surface area is 101 Å². The van der Waals surface area contributed by atoms with Crippen LogP contribution in [0.15, 0.2) is 22.7 Å². The molecule has 0 bridgehead atoms. The van der Waals surface area contributed by atoms with E-state index in [0.717, 1.165) is 12.1 Å². The van der Waals surface area contributed by atoms with Crippen molar-refractivity contribution in [3.63, 3.8) is 0 Å². The molecule has 0 saturated carbocycles. The summed E-state index contributed by atoms with van der Waals surface area (Å²) in [6, 6.07) is 3.24. The van der Waals surface area contributed by atoms with Gasteiger partial charge in [-0.25, -0.2) is 4.39 Å². The van der Waals surface area contributed by atoms with Crippen LogP contribution in [-0.2, 0) is 6.54 Å². The molecule has 0 aliphatic heterocycles. The molecule has 0 radical (unpaired) electrons. The van der Waals surface area contributed by atoms with Crippen LogP contribution in [0.1, 0.15) is 11.7 Å². The Morgan fingerprint density at radius 2 is 2.28 bits per heavy atom. The lowest BCUT2D eigenvalue weighted by molar-refractivity contribution is -0.385. The van der Waals surface area contributed by atoms with E-state index in [1.165, 1.54) is 6.07 Å². The zero-order chi connectivity index (χ0) is 13.1. The third kappa shape index (κ3) is 2.78. The SMILES string of the molecule is Cc1nc(CNc2cc(F)cc([N+](=O)[O-])c2)no1. The van der Waals surface area contributed by atoms with Crippen molar-refractivity contribution in [2.75, 3.05) is 5.32 Å². The molecule has 2 aromatic rings. The molecule has 2 rings (SSSR count). The molecule has 0 atom stereocenters. The summed E-state index contributed by atoms with van der Waals surface area (Å²) in [6.07, 6.45) is 0. The van der Waals surface area contributed by atoms with E-state index in [4.69, 9.17) is 4.52 Å². The van der Waals surface area contributed by atoms with E-state index >= 15 is 0 Å². The molecule has 1 heterocycles. The summed E-state index contributed by atoms with van der Waals surface area (Å²) in [5.74, 6) is 0.118. The van der Waals surface area contributed by atoms with Gasteiger partial charge in [-0.15, -0.1) is 0 Å². The van der Waals surface area contributed by atoms with Crippen LogP contribution in [0.3, 0.4) is 0 Å². The quantitative estimate of drug-likeness (QED) is 0.660. The second-order valence-corrected chi connectivity index (χ2v) is 3.54. The van der Waals surface area contributed by atoms with Crippen LogP contribution >= 0.6 is 0 Å². The number of anilines is 1. The van der Waals surface area contributed by atoms with Crippen molar-refractivity contribution in [3.8, 4) is 0 Å². The van der Waals surface area contributed by atoms with Gasteiger partial charge in [0.05, 0.1) is 17.5 Å². The molecule has 1 aromatic carbocycles. The number of aryl methyl sites for hydroxylation is 1. The van der Waals surface area contributed by atoms with Crippen LogP contribution in [-0.4, -0.2) is 15.1 Å². The Kier molecular flexibility index (Phi) is 3.18. The smallest absolute Gasteiger partial charge is 0.274 e.